The monoisotopic (exact) mass is 441 g/mol. The number of aryl methyl sites for hydroxylation is 1. The molecule has 1 saturated heterocycles. The summed E-state index contributed by atoms with van der Waals surface area (Å²) in [6.45, 7) is 2.08. The third-order valence-corrected chi connectivity index (χ3v) is 6.55. The van der Waals surface area contributed by atoms with Crippen LogP contribution in [0.5, 0.6) is 5.75 Å². The molecule has 152 valence electrons. The first-order valence-corrected chi connectivity index (χ1v) is 11.2. The number of rotatable bonds is 3. The van der Waals surface area contributed by atoms with Crippen LogP contribution in [-0.2, 0) is 4.79 Å². The summed E-state index contributed by atoms with van der Waals surface area (Å²) in [5.41, 5.74) is 5.33. The summed E-state index contributed by atoms with van der Waals surface area (Å²) in [4.78, 5) is 13.1. The van der Waals surface area contributed by atoms with E-state index in [-0.39, 0.29) is 11.8 Å². The van der Waals surface area contributed by atoms with Crippen molar-refractivity contribution in [3.05, 3.63) is 118 Å². The molecule has 1 N–H and O–H groups in total. The number of thioether (sulfide) groups is 1. The van der Waals surface area contributed by atoms with Crippen molar-refractivity contribution >= 4 is 40.0 Å². The normalized spacial score (nSPS) is 19.3. The number of nitrogens with one attached hydrogen (secondary N) is 1. The van der Waals surface area contributed by atoms with E-state index in [1.54, 1.807) is 0 Å². The van der Waals surface area contributed by atoms with Crippen molar-refractivity contribution in [2.45, 2.75) is 12.8 Å². The molecule has 5 heteroatoms. The van der Waals surface area contributed by atoms with Crippen molar-refractivity contribution in [2.75, 3.05) is 0 Å². The second-order valence-electron chi connectivity index (χ2n) is 7.49. The molecule has 0 spiro atoms. The molecular weight excluding hydrogens is 422 g/mol. The van der Waals surface area contributed by atoms with E-state index in [0.717, 1.165) is 33.8 Å². The molecule has 0 aromatic heterocycles. The van der Waals surface area contributed by atoms with Crippen molar-refractivity contribution in [3.63, 3.8) is 0 Å². The van der Waals surface area contributed by atoms with Crippen LogP contribution in [0.2, 0.25) is 0 Å². The van der Waals surface area contributed by atoms with Crippen LogP contribution >= 0.6 is 24.0 Å². The Morgan fingerprint density at radius 2 is 1.68 bits per heavy atom. The van der Waals surface area contributed by atoms with Crippen LogP contribution in [0, 0.1) is 6.92 Å². The van der Waals surface area contributed by atoms with Gasteiger partial charge in [0.2, 0.25) is 0 Å². The maximum atomic E-state index is 12.5. The zero-order valence-electron chi connectivity index (χ0n) is 16.8. The highest BCUT2D eigenvalue weighted by molar-refractivity contribution is 8.26. The SMILES string of the molecule is Cc1ccc([C@H]2C(/C=C3\SC(=S)NC3=O)=C(c3ccccc3)Oc3ccccc32)cc1. The summed E-state index contributed by atoms with van der Waals surface area (Å²) >= 11 is 6.49. The fraction of sp³-hybridized carbons (Fsp3) is 0.0769. The van der Waals surface area contributed by atoms with Gasteiger partial charge in [-0.25, -0.2) is 0 Å². The standard InChI is InChI=1S/C26H19NO2S2/c1-16-11-13-17(14-12-16)23-19-9-5-6-10-21(19)29-24(18-7-3-2-4-8-18)20(23)15-22-25(28)27-26(30)31-22/h2-15,23H,1H3,(H,27,28,30)/b22-15-/t23-/m1/s1. The van der Waals surface area contributed by atoms with Gasteiger partial charge in [-0.05, 0) is 24.6 Å². The lowest BCUT2D eigenvalue weighted by atomic mass is 9.81. The minimum atomic E-state index is -0.170. The Labute approximate surface area is 190 Å². The average Bonchev–Trinajstić information content (AvgIpc) is 3.11. The van der Waals surface area contributed by atoms with E-state index >= 15 is 0 Å². The average molecular weight is 442 g/mol. The molecule has 1 fully saturated rings. The number of hydrogen-bond donors (Lipinski definition) is 1. The first-order valence-electron chi connectivity index (χ1n) is 9.98. The molecule has 31 heavy (non-hydrogen) atoms. The molecule has 0 aliphatic carbocycles. The third kappa shape index (κ3) is 3.82. The number of carbonyl (C=O) groups is 1. The van der Waals surface area contributed by atoms with Crippen molar-refractivity contribution in [1.29, 1.82) is 0 Å². The summed E-state index contributed by atoms with van der Waals surface area (Å²) in [7, 11) is 0. The van der Waals surface area contributed by atoms with E-state index in [9.17, 15) is 4.79 Å². The van der Waals surface area contributed by atoms with Crippen LogP contribution in [-0.4, -0.2) is 10.2 Å². The van der Waals surface area contributed by atoms with Crippen LogP contribution in [0.1, 0.15) is 28.2 Å². The van der Waals surface area contributed by atoms with Crippen LogP contribution in [0.25, 0.3) is 5.76 Å². The Morgan fingerprint density at radius 3 is 2.39 bits per heavy atom. The van der Waals surface area contributed by atoms with Crippen molar-refractivity contribution in [3.8, 4) is 5.75 Å². The summed E-state index contributed by atoms with van der Waals surface area (Å²) in [6.07, 6.45) is 1.93. The smallest absolute Gasteiger partial charge is 0.263 e. The van der Waals surface area contributed by atoms with E-state index in [4.69, 9.17) is 17.0 Å². The molecule has 1 atom stereocenters. The van der Waals surface area contributed by atoms with Gasteiger partial charge in [0.15, 0.2) is 0 Å². The number of allylic oxidation sites excluding steroid dienone is 2. The van der Waals surface area contributed by atoms with Gasteiger partial charge in [-0.2, -0.15) is 0 Å². The molecular formula is C26H19NO2S2. The fourth-order valence-electron chi connectivity index (χ4n) is 3.92. The highest BCUT2D eigenvalue weighted by atomic mass is 32.2. The third-order valence-electron chi connectivity index (χ3n) is 5.39. The molecule has 0 saturated carbocycles. The lowest BCUT2D eigenvalue weighted by Crippen LogP contribution is -2.19. The fourth-order valence-corrected chi connectivity index (χ4v) is 4.96. The molecule has 2 aliphatic heterocycles. The molecule has 3 aromatic carbocycles. The van der Waals surface area contributed by atoms with Crippen LogP contribution in [0.3, 0.4) is 0 Å². The largest absolute Gasteiger partial charge is 0.456 e. The van der Waals surface area contributed by atoms with Crippen LogP contribution in [0.15, 0.2) is 95.4 Å². The maximum absolute atomic E-state index is 12.5. The first-order chi connectivity index (χ1) is 15.1. The molecule has 1 amide bonds. The number of para-hydroxylation sites is 1. The number of thiocarbonyl (C=S) groups is 1. The highest BCUT2D eigenvalue weighted by Crippen LogP contribution is 2.47. The number of amides is 1. The molecule has 3 nitrogen and oxygen atoms in total. The van der Waals surface area contributed by atoms with Crippen LogP contribution < -0.4 is 10.1 Å². The number of benzene rings is 3. The summed E-state index contributed by atoms with van der Waals surface area (Å²) in [6, 6.07) is 26.6. The van der Waals surface area contributed by atoms with Crippen molar-refractivity contribution in [1.82, 2.24) is 5.32 Å². The van der Waals surface area contributed by atoms with Gasteiger partial charge in [-0.1, -0.05) is 102 Å². The highest BCUT2D eigenvalue weighted by Gasteiger charge is 2.32. The molecule has 0 bridgehead atoms. The van der Waals surface area contributed by atoms with E-state index in [2.05, 4.69) is 42.6 Å². The number of carbonyl (C=O) groups excluding carboxylic acids is 1. The Morgan fingerprint density at radius 1 is 0.968 bits per heavy atom. The van der Waals surface area contributed by atoms with Gasteiger partial charge in [-0.3, -0.25) is 4.79 Å². The van der Waals surface area contributed by atoms with Gasteiger partial charge in [0.1, 0.15) is 15.8 Å². The van der Waals surface area contributed by atoms with Gasteiger partial charge in [0.05, 0.1) is 4.91 Å². The predicted molar refractivity (Wildman–Crippen MR) is 130 cm³/mol. The number of hydrogen-bond acceptors (Lipinski definition) is 4. The molecule has 2 heterocycles. The topological polar surface area (TPSA) is 38.3 Å². The molecule has 3 aromatic rings. The quantitative estimate of drug-likeness (QED) is 0.402. The van der Waals surface area contributed by atoms with E-state index in [0.29, 0.717) is 9.23 Å². The lowest BCUT2D eigenvalue weighted by molar-refractivity contribution is -0.115. The minimum absolute atomic E-state index is 0.0733. The van der Waals surface area contributed by atoms with Crippen molar-refractivity contribution < 1.29 is 9.53 Å². The second-order valence-corrected chi connectivity index (χ2v) is 9.21. The molecule has 0 radical (unpaired) electrons. The van der Waals surface area contributed by atoms with Gasteiger partial charge < -0.3 is 10.1 Å². The van der Waals surface area contributed by atoms with E-state index in [1.807, 2.05) is 54.6 Å². The molecule has 0 unspecified atom stereocenters. The zero-order chi connectivity index (χ0) is 21.4. The van der Waals surface area contributed by atoms with Gasteiger partial charge in [0.25, 0.3) is 5.91 Å². The van der Waals surface area contributed by atoms with Gasteiger partial charge in [0, 0.05) is 22.6 Å². The second kappa shape index (κ2) is 8.17. The lowest BCUT2D eigenvalue weighted by Gasteiger charge is -2.30. The summed E-state index contributed by atoms with van der Waals surface area (Å²) in [5, 5.41) is 2.72. The number of ether oxygens (including phenoxy) is 1. The van der Waals surface area contributed by atoms with Gasteiger partial charge >= 0.3 is 0 Å². The molecule has 2 aliphatic rings. The predicted octanol–water partition coefficient (Wildman–Crippen LogP) is 5.96. The van der Waals surface area contributed by atoms with Crippen molar-refractivity contribution in [2.24, 2.45) is 0 Å². The van der Waals surface area contributed by atoms with Crippen LogP contribution in [0.4, 0.5) is 0 Å². The zero-order valence-corrected chi connectivity index (χ0v) is 18.4. The Hall–Kier alpha value is -3.15. The maximum Gasteiger partial charge on any atom is 0.263 e. The number of fused-ring (bicyclic) bond motifs is 1. The first kappa shape index (κ1) is 19.8. The Bertz CT molecular complexity index is 1240. The van der Waals surface area contributed by atoms with E-state index in [1.165, 1.54) is 17.3 Å². The summed E-state index contributed by atoms with van der Waals surface area (Å²) in [5.74, 6) is 1.34. The molecule has 5 rings (SSSR count). The van der Waals surface area contributed by atoms with E-state index < -0.39 is 0 Å². The Balaban J connectivity index is 1.78. The minimum Gasteiger partial charge on any atom is -0.456 e. The summed E-state index contributed by atoms with van der Waals surface area (Å²) < 4.78 is 6.91. The van der Waals surface area contributed by atoms with Gasteiger partial charge in [-0.15, -0.1) is 0 Å². The Kier molecular flexibility index (Phi) is 5.22.